The summed E-state index contributed by atoms with van der Waals surface area (Å²) in [6.45, 7) is 3.92. The van der Waals surface area contributed by atoms with Crippen molar-refractivity contribution in [1.29, 1.82) is 0 Å². The van der Waals surface area contributed by atoms with E-state index in [2.05, 4.69) is 10.6 Å². The van der Waals surface area contributed by atoms with Gasteiger partial charge in [-0.1, -0.05) is 6.92 Å². The van der Waals surface area contributed by atoms with Gasteiger partial charge >= 0.3 is 0 Å². The highest BCUT2D eigenvalue weighted by Gasteiger charge is 2.03. The average molecular weight is 266 g/mol. The molecule has 17 heavy (non-hydrogen) atoms. The molecule has 0 aromatic carbocycles. The Bertz CT molecular complexity index is 213. The van der Waals surface area contributed by atoms with Gasteiger partial charge in [0.2, 0.25) is 11.8 Å². The quantitative estimate of drug-likeness (QED) is 0.533. The average Bonchev–Trinajstić information content (AvgIpc) is 2.26. The van der Waals surface area contributed by atoms with Crippen molar-refractivity contribution in [2.75, 3.05) is 19.6 Å². The third-order valence-corrected chi connectivity index (χ3v) is 2.08. The lowest BCUT2D eigenvalue weighted by molar-refractivity contribution is -0.122. The SMILES string of the molecule is CCCNC(=O)CCCC(=O)NCCCN.Cl. The van der Waals surface area contributed by atoms with E-state index in [1.165, 1.54) is 0 Å². The van der Waals surface area contributed by atoms with Crippen molar-refractivity contribution < 1.29 is 9.59 Å². The van der Waals surface area contributed by atoms with Crippen LogP contribution in [-0.4, -0.2) is 31.4 Å². The molecule has 0 spiro atoms. The molecule has 0 aromatic heterocycles. The molecule has 0 heterocycles. The monoisotopic (exact) mass is 265 g/mol. The first-order valence-electron chi connectivity index (χ1n) is 5.94. The third-order valence-electron chi connectivity index (χ3n) is 2.08. The first-order chi connectivity index (χ1) is 7.70. The number of halogens is 1. The van der Waals surface area contributed by atoms with Gasteiger partial charge in [-0.3, -0.25) is 9.59 Å². The number of carbonyl (C=O) groups excluding carboxylic acids is 2. The van der Waals surface area contributed by atoms with E-state index in [0.717, 1.165) is 12.8 Å². The van der Waals surface area contributed by atoms with E-state index in [4.69, 9.17) is 5.73 Å². The molecule has 0 unspecified atom stereocenters. The summed E-state index contributed by atoms with van der Waals surface area (Å²) in [4.78, 5) is 22.4. The van der Waals surface area contributed by atoms with Gasteiger partial charge in [0.05, 0.1) is 0 Å². The maximum absolute atomic E-state index is 11.2. The van der Waals surface area contributed by atoms with Crippen molar-refractivity contribution >= 4 is 24.2 Å². The fourth-order valence-electron chi connectivity index (χ4n) is 1.18. The van der Waals surface area contributed by atoms with Crippen LogP contribution in [0.15, 0.2) is 0 Å². The van der Waals surface area contributed by atoms with Crippen LogP contribution in [0.25, 0.3) is 0 Å². The topological polar surface area (TPSA) is 84.2 Å². The van der Waals surface area contributed by atoms with Crippen LogP contribution >= 0.6 is 12.4 Å². The Morgan fingerprint density at radius 2 is 1.53 bits per heavy atom. The molecule has 102 valence electrons. The van der Waals surface area contributed by atoms with Crippen molar-refractivity contribution in [2.45, 2.75) is 39.0 Å². The number of nitrogens with two attached hydrogens (primary N) is 1. The molecule has 0 saturated carbocycles. The first kappa shape index (κ1) is 18.6. The highest BCUT2D eigenvalue weighted by molar-refractivity contribution is 5.85. The highest BCUT2D eigenvalue weighted by atomic mass is 35.5. The largest absolute Gasteiger partial charge is 0.356 e. The van der Waals surface area contributed by atoms with Gasteiger partial charge in [0, 0.05) is 25.9 Å². The van der Waals surface area contributed by atoms with Gasteiger partial charge in [0.1, 0.15) is 0 Å². The molecule has 5 nitrogen and oxygen atoms in total. The van der Waals surface area contributed by atoms with Crippen LogP contribution < -0.4 is 16.4 Å². The second kappa shape index (κ2) is 13.3. The van der Waals surface area contributed by atoms with Crippen LogP contribution in [0.3, 0.4) is 0 Å². The Labute approximate surface area is 109 Å². The van der Waals surface area contributed by atoms with Crippen molar-refractivity contribution in [3.63, 3.8) is 0 Å². The summed E-state index contributed by atoms with van der Waals surface area (Å²) < 4.78 is 0. The lowest BCUT2D eigenvalue weighted by atomic mass is 10.2. The zero-order valence-corrected chi connectivity index (χ0v) is 11.3. The minimum absolute atomic E-state index is 0. The summed E-state index contributed by atoms with van der Waals surface area (Å²) in [5.41, 5.74) is 5.30. The van der Waals surface area contributed by atoms with Crippen LogP contribution in [0.5, 0.6) is 0 Å². The molecule has 0 atom stereocenters. The normalized spacial score (nSPS) is 9.29. The van der Waals surface area contributed by atoms with Gasteiger partial charge in [-0.2, -0.15) is 0 Å². The maximum Gasteiger partial charge on any atom is 0.220 e. The smallest absolute Gasteiger partial charge is 0.220 e. The van der Waals surface area contributed by atoms with E-state index in [-0.39, 0.29) is 24.2 Å². The van der Waals surface area contributed by atoms with Gasteiger partial charge in [-0.25, -0.2) is 0 Å². The first-order valence-corrected chi connectivity index (χ1v) is 5.94. The second-order valence-electron chi connectivity index (χ2n) is 3.70. The summed E-state index contributed by atoms with van der Waals surface area (Å²) in [6, 6.07) is 0. The molecule has 2 amide bonds. The fourth-order valence-corrected chi connectivity index (χ4v) is 1.18. The van der Waals surface area contributed by atoms with Gasteiger partial charge in [0.15, 0.2) is 0 Å². The van der Waals surface area contributed by atoms with Gasteiger partial charge in [0.25, 0.3) is 0 Å². The van der Waals surface area contributed by atoms with Gasteiger partial charge in [-0.15, -0.1) is 12.4 Å². The Morgan fingerprint density at radius 3 is 2.00 bits per heavy atom. The van der Waals surface area contributed by atoms with Crippen molar-refractivity contribution in [3.8, 4) is 0 Å². The Kier molecular flexibility index (Phi) is 14.5. The number of hydrogen-bond acceptors (Lipinski definition) is 3. The van der Waals surface area contributed by atoms with E-state index in [1.54, 1.807) is 0 Å². The van der Waals surface area contributed by atoms with E-state index in [9.17, 15) is 9.59 Å². The summed E-state index contributed by atoms with van der Waals surface area (Å²) in [6.07, 6.45) is 3.16. The standard InChI is InChI=1S/C11H23N3O2.ClH/c1-2-8-13-10(15)5-3-6-11(16)14-9-4-7-12;/h2-9,12H2,1H3,(H,13,15)(H,14,16);1H. The van der Waals surface area contributed by atoms with Crippen LogP contribution in [-0.2, 0) is 9.59 Å². The summed E-state index contributed by atoms with van der Waals surface area (Å²) >= 11 is 0. The van der Waals surface area contributed by atoms with E-state index >= 15 is 0 Å². The molecule has 0 aromatic rings. The summed E-state index contributed by atoms with van der Waals surface area (Å²) in [7, 11) is 0. The Hall–Kier alpha value is -0.810. The molecular formula is C11H24ClN3O2. The van der Waals surface area contributed by atoms with Crippen LogP contribution in [0.2, 0.25) is 0 Å². The van der Waals surface area contributed by atoms with Crippen molar-refractivity contribution in [2.24, 2.45) is 5.73 Å². The molecule has 0 fully saturated rings. The molecule has 0 radical (unpaired) electrons. The van der Waals surface area contributed by atoms with Gasteiger partial charge in [-0.05, 0) is 25.8 Å². The van der Waals surface area contributed by atoms with Crippen LogP contribution in [0.4, 0.5) is 0 Å². The zero-order valence-electron chi connectivity index (χ0n) is 10.5. The molecule has 0 aliphatic heterocycles. The minimum atomic E-state index is -0.00302. The van der Waals surface area contributed by atoms with Gasteiger partial charge < -0.3 is 16.4 Å². The third kappa shape index (κ3) is 13.1. The second-order valence-corrected chi connectivity index (χ2v) is 3.70. The lowest BCUT2D eigenvalue weighted by Crippen LogP contribution is -2.27. The van der Waals surface area contributed by atoms with Crippen LogP contribution in [0.1, 0.15) is 39.0 Å². The highest BCUT2D eigenvalue weighted by Crippen LogP contribution is 1.95. The molecular weight excluding hydrogens is 242 g/mol. The zero-order chi connectivity index (χ0) is 12.2. The molecule has 6 heteroatoms. The minimum Gasteiger partial charge on any atom is -0.356 e. The number of rotatable bonds is 9. The maximum atomic E-state index is 11.2. The molecule has 0 rings (SSSR count). The summed E-state index contributed by atoms with van der Waals surface area (Å²) in [5.74, 6) is 0.0216. The van der Waals surface area contributed by atoms with E-state index in [0.29, 0.717) is 38.9 Å². The van der Waals surface area contributed by atoms with Crippen molar-refractivity contribution in [3.05, 3.63) is 0 Å². The number of hydrogen-bond donors (Lipinski definition) is 3. The Balaban J connectivity index is 0. The molecule has 0 aliphatic rings. The van der Waals surface area contributed by atoms with Crippen LogP contribution in [0, 0.1) is 0 Å². The molecule has 0 bridgehead atoms. The van der Waals surface area contributed by atoms with E-state index < -0.39 is 0 Å². The summed E-state index contributed by atoms with van der Waals surface area (Å²) in [5, 5.41) is 5.52. The van der Waals surface area contributed by atoms with E-state index in [1.807, 2.05) is 6.92 Å². The fraction of sp³-hybridized carbons (Fsp3) is 0.818. The lowest BCUT2D eigenvalue weighted by Gasteiger charge is -2.04. The molecule has 4 N–H and O–H groups in total. The Morgan fingerprint density at radius 1 is 1.00 bits per heavy atom. The number of amides is 2. The number of nitrogens with one attached hydrogen (secondary N) is 2. The molecule has 0 saturated heterocycles. The predicted octanol–water partition coefficient (Wildman–Crippen LogP) is 0.570. The predicted molar refractivity (Wildman–Crippen MR) is 71.1 cm³/mol. The van der Waals surface area contributed by atoms with Crippen molar-refractivity contribution in [1.82, 2.24) is 10.6 Å². The molecule has 0 aliphatic carbocycles. The number of carbonyl (C=O) groups is 2.